The molecule has 3 saturated heterocycles. The maximum atomic E-state index is 16.1. The highest BCUT2D eigenvalue weighted by atomic mass is 32.2. The normalized spacial score (nSPS) is 24.3. The van der Waals surface area contributed by atoms with Gasteiger partial charge in [-0.25, -0.2) is 9.59 Å². The van der Waals surface area contributed by atoms with Crippen molar-refractivity contribution in [2.75, 3.05) is 65.4 Å². The number of phenols is 1. The number of unbranched alkanes of at least 4 members (excludes halogenated alkanes) is 2. The van der Waals surface area contributed by atoms with Crippen LogP contribution in [-0.2, 0) is 112 Å². The summed E-state index contributed by atoms with van der Waals surface area (Å²) in [5.41, 5.74) is 24.3. The molecule has 2 aromatic heterocycles. The summed E-state index contributed by atoms with van der Waals surface area (Å²) in [4.78, 5) is 297. The Morgan fingerprint density at radius 1 is 0.521 bits per heavy atom. The lowest BCUT2D eigenvalue weighted by molar-refractivity contribution is -0.149. The van der Waals surface area contributed by atoms with Gasteiger partial charge in [0, 0.05) is 113 Å². The van der Waals surface area contributed by atoms with Crippen molar-refractivity contribution in [3.8, 4) is 5.75 Å². The minimum absolute atomic E-state index is 0.0307. The zero-order valence-corrected chi connectivity index (χ0v) is 81.1. The molecule has 5 aromatic rings. The summed E-state index contributed by atoms with van der Waals surface area (Å²) in [5, 5.41) is 63.8. The second-order valence-electron chi connectivity index (χ2n) is 36.3. The van der Waals surface area contributed by atoms with Crippen molar-refractivity contribution in [1.29, 1.82) is 0 Å². The maximum absolute atomic E-state index is 16.1. The van der Waals surface area contributed by atoms with E-state index >= 15 is 33.6 Å². The summed E-state index contributed by atoms with van der Waals surface area (Å²) in [6.45, 7) is 8.52. The number of urea groups is 2. The summed E-state index contributed by atoms with van der Waals surface area (Å²) in [5.74, 6) is -20.1. The molecule has 0 aliphatic carbocycles. The molecule has 0 spiro atoms. The van der Waals surface area contributed by atoms with E-state index in [0.29, 0.717) is 57.8 Å². The first kappa shape index (κ1) is 111. The number of aromatic amines is 1. The second kappa shape index (κ2) is 52.6. The number of fused-ring (bicyclic) bond motifs is 4. The molecule has 15 atom stereocenters. The number of likely N-dealkylation sites (N-methyl/N-ethyl adjacent to an activating group) is 3. The number of carboxylic acids is 1. The van der Waals surface area contributed by atoms with Gasteiger partial charge in [-0.3, -0.25) is 86.3 Å². The van der Waals surface area contributed by atoms with Gasteiger partial charge < -0.3 is 136 Å². The molecule has 3 aromatic carbocycles. The van der Waals surface area contributed by atoms with Crippen LogP contribution in [0.3, 0.4) is 0 Å². The molecule has 46 nitrogen and oxygen atoms in total. The van der Waals surface area contributed by atoms with E-state index in [1.165, 1.54) is 63.1 Å². The van der Waals surface area contributed by atoms with Gasteiger partial charge in [0.1, 0.15) is 96.9 Å². The van der Waals surface area contributed by atoms with Gasteiger partial charge in [0.2, 0.25) is 100 Å². The number of nitrogens with two attached hydrogens (primary N) is 4. The highest BCUT2D eigenvalue weighted by Gasteiger charge is 2.47. The first-order valence-corrected chi connectivity index (χ1v) is 47.9. The van der Waals surface area contributed by atoms with Crippen molar-refractivity contribution in [2.45, 2.75) is 248 Å². The van der Waals surface area contributed by atoms with E-state index in [-0.39, 0.29) is 76.0 Å². The van der Waals surface area contributed by atoms with Crippen LogP contribution < -0.4 is 86.7 Å². The van der Waals surface area contributed by atoms with Gasteiger partial charge in [-0.1, -0.05) is 116 Å². The van der Waals surface area contributed by atoms with Crippen molar-refractivity contribution in [3.63, 3.8) is 0 Å². The Labute approximate surface area is 813 Å². The number of thioether (sulfide) groups is 1. The number of para-hydroxylation sites is 2. The summed E-state index contributed by atoms with van der Waals surface area (Å²) >= 11 is 0.763. The second-order valence-corrected chi connectivity index (χ2v) is 37.3. The topological polar surface area (TPSA) is 687 Å². The average molecular weight is 1970 g/mol. The Bertz CT molecular complexity index is 5320. The lowest BCUT2D eigenvalue weighted by Gasteiger charge is -2.36. The number of primary amides is 4. The van der Waals surface area contributed by atoms with E-state index in [0.717, 1.165) is 36.3 Å². The zero-order valence-electron chi connectivity index (χ0n) is 80.3. The van der Waals surface area contributed by atoms with Crippen LogP contribution in [0.15, 0.2) is 85.2 Å². The van der Waals surface area contributed by atoms with Crippen LogP contribution in [-0.4, -0.2) is 324 Å². The number of aliphatic hydroxyl groups excluding tert-OH is 1. The van der Waals surface area contributed by atoms with Crippen molar-refractivity contribution in [1.82, 2.24) is 97.9 Å². The number of benzene rings is 3. The minimum atomic E-state index is -1.83. The van der Waals surface area contributed by atoms with Gasteiger partial charge >= 0.3 is 18.0 Å². The molecule has 24 N–H and O–H groups in total. The number of nitrogens with one attached hydrogen (secondary N) is 13. The number of rotatable bonds is 28. The third kappa shape index (κ3) is 31.7. The standard InChI is InChI=1S/C93H133N23O23S/c1-11-13-23-70-84(130)104-61(34-49(3)4)81(127)110-68(79(125)100-43-75(95)120)47-140-48-76(121)102-64(36-52-27-29-55(117)30-28-52)87(133)111(8)51(7)78(124)106-66(40-74(94)119)89(135)115-33-19-26-71(115)85(131)109-67(42-101-93(97)139)83(129)107-63(35-50(5)6)90(136)116-45-56(118)39-73(116)86(132)105-62(37-53-41-99-59-22-17-15-20-57(53)59)82(128)103-60(31-32-98-92(96)138)80(126)108-65(88(134)113(10)72(24-14-12-2)91(137)112(70)9)38-54-44-114(46-77(122)123)69-25-18-16-21-58(54)69/h15-18,20-22,25,27-30,41,44,49-51,56,60-68,70-73,99,117-118H,11-14,19,23-24,26,31-40,42-43,45-48H2,1-10H3,(H2,94,119)(H2,95,120)(H,100,125)(H,102,121)(H,103,128)(H,104,130)(H,105,132)(H,106,124)(H,107,129)(H,108,126)(H,109,131)(H,110,127)(H,122,123)(H3,96,98,138)(H3,97,101,139)/t51-,56+,60-,61-,62-,63-,64-,65-,66-,67-,68-,70-,71-,72-,73-/m0/s1. The van der Waals surface area contributed by atoms with Crippen LogP contribution in [0.2, 0.25) is 0 Å². The van der Waals surface area contributed by atoms with E-state index in [1.54, 1.807) is 82.4 Å². The monoisotopic (exact) mass is 1970 g/mol. The lowest BCUT2D eigenvalue weighted by atomic mass is 9.99. The number of carbonyl (C=O) groups excluding carboxylic acids is 19. The fourth-order valence-corrected chi connectivity index (χ4v) is 18.0. The molecule has 3 fully saturated rings. The number of aliphatic hydroxyl groups is 1. The predicted octanol–water partition coefficient (Wildman–Crippen LogP) is -2.82. The van der Waals surface area contributed by atoms with Crippen LogP contribution in [0.1, 0.15) is 149 Å². The van der Waals surface area contributed by atoms with Gasteiger partial charge in [0.15, 0.2) is 0 Å². The van der Waals surface area contributed by atoms with Gasteiger partial charge in [-0.05, 0) is 105 Å². The number of carboxylic acid groups (broad SMARTS) is 1. The van der Waals surface area contributed by atoms with Gasteiger partial charge in [-0.15, -0.1) is 11.8 Å². The molecule has 47 heteroatoms. The third-order valence-electron chi connectivity index (χ3n) is 24.6. The predicted molar refractivity (Wildman–Crippen MR) is 512 cm³/mol. The summed E-state index contributed by atoms with van der Waals surface area (Å²) in [7, 11) is 3.82. The van der Waals surface area contributed by atoms with Crippen LogP contribution in [0, 0.1) is 11.8 Å². The number of hydrogen-bond acceptors (Lipinski definition) is 23. The van der Waals surface area contributed by atoms with E-state index in [2.05, 4.69) is 68.8 Å². The van der Waals surface area contributed by atoms with Crippen molar-refractivity contribution < 1.29 is 111 Å². The molecule has 0 bridgehead atoms. The number of nitrogens with zero attached hydrogens (tertiary/aromatic N) is 6. The molecule has 0 radical (unpaired) electrons. The average Bonchev–Trinajstić information content (AvgIpc) is 1.59. The number of aromatic hydroxyl groups is 1. The van der Waals surface area contributed by atoms with E-state index in [9.17, 15) is 77.6 Å². The van der Waals surface area contributed by atoms with Crippen molar-refractivity contribution in [3.05, 3.63) is 102 Å². The third-order valence-corrected chi connectivity index (χ3v) is 25.6. The van der Waals surface area contributed by atoms with Gasteiger partial charge in [-0.2, -0.15) is 0 Å². The van der Waals surface area contributed by atoms with E-state index in [4.69, 9.17) is 22.9 Å². The molecule has 140 heavy (non-hydrogen) atoms. The number of hydrogen-bond donors (Lipinski definition) is 20. The molecule has 8 rings (SSSR count). The Morgan fingerprint density at radius 2 is 1.06 bits per heavy atom. The first-order chi connectivity index (χ1) is 66.3. The molecule has 3 aliphatic rings. The van der Waals surface area contributed by atoms with Crippen LogP contribution in [0.5, 0.6) is 5.75 Å². The molecule has 764 valence electrons. The Morgan fingerprint density at radius 3 is 1.71 bits per heavy atom. The van der Waals surface area contributed by atoms with Crippen LogP contribution in [0.4, 0.5) is 9.59 Å². The molecule has 0 saturated carbocycles. The van der Waals surface area contributed by atoms with Crippen molar-refractivity contribution >= 4 is 152 Å². The fraction of sp³-hybridized carbons (Fsp3) is 0.548. The smallest absolute Gasteiger partial charge is 0.323 e. The Hall–Kier alpha value is -14.2. The molecule has 0 unspecified atom stereocenters. The quantitative estimate of drug-likeness (QED) is 0.0240. The summed E-state index contributed by atoms with van der Waals surface area (Å²) < 4.78 is 1.41. The zero-order chi connectivity index (χ0) is 103. The number of phenolic OH excluding ortho intramolecular Hbond substituents is 1. The fourth-order valence-electron chi connectivity index (χ4n) is 17.2. The van der Waals surface area contributed by atoms with Gasteiger partial charge in [0.05, 0.1) is 24.8 Å². The van der Waals surface area contributed by atoms with Gasteiger partial charge in [0.25, 0.3) is 0 Å². The minimum Gasteiger partial charge on any atom is -0.508 e. The number of carbonyl (C=O) groups is 20. The molecular formula is C93H133N23O23S. The van der Waals surface area contributed by atoms with E-state index in [1.807, 2.05) is 13.8 Å². The number of H-pyrrole nitrogens is 1. The number of amides is 21. The Kier molecular flexibility index (Phi) is 41.7. The van der Waals surface area contributed by atoms with E-state index < -0.39 is 285 Å². The lowest BCUT2D eigenvalue weighted by Crippen LogP contribution is -2.62. The SMILES string of the molecule is CCCC[C@H]1C(=O)N(C)[C@@H](CCCC)C(=O)N[C@@H](CC(C)C)C(=O)N[C@H](C(=O)NCC(N)=O)CSCC(=O)N[C@@H](Cc2ccc(O)cc2)C(=O)N(C)[C@@H](C)C(=O)N[C@@H](CC(N)=O)C(=O)N2CCC[C@H]2C(=O)N[C@@H](CNC(N)=O)C(=O)N[C@@H](CC(C)C)C(=O)N2C[C@H](O)C[C@H]2C(=O)N[C@@H](Cc2c[nH]c3ccccc23)C(=O)N[C@@H](CCNC(N)=O)C(=O)N[C@@H](Cc2cn(CC(=O)O)c3ccccc23)C(=O)N1C. The largest absolute Gasteiger partial charge is 0.508 e. The Balaban J connectivity index is 1.24. The van der Waals surface area contributed by atoms with Crippen LogP contribution in [0.25, 0.3) is 21.8 Å². The first-order valence-electron chi connectivity index (χ1n) is 46.7. The van der Waals surface area contributed by atoms with Crippen LogP contribution >= 0.6 is 11.8 Å². The van der Waals surface area contributed by atoms with Crippen molar-refractivity contribution in [2.24, 2.45) is 34.8 Å². The number of aliphatic carboxylic acids is 1. The molecule has 3 aliphatic heterocycles. The summed E-state index contributed by atoms with van der Waals surface area (Å²) in [6.07, 6.45) is -0.198. The molecular weight excluding hydrogens is 1840 g/mol. The molecule has 5 heterocycles. The molecule has 21 amide bonds. The highest BCUT2D eigenvalue weighted by molar-refractivity contribution is 8.00. The maximum Gasteiger partial charge on any atom is 0.323 e. The number of aromatic nitrogens is 2. The highest BCUT2D eigenvalue weighted by Crippen LogP contribution is 2.29. The summed E-state index contributed by atoms with van der Waals surface area (Å²) in [6, 6.07) is -5.95.